The summed E-state index contributed by atoms with van der Waals surface area (Å²) in [4.78, 5) is 14.6. The molecule has 1 atom stereocenters. The fourth-order valence-electron chi connectivity index (χ4n) is 3.11. The van der Waals surface area contributed by atoms with Crippen LogP contribution in [0.3, 0.4) is 0 Å². The van der Waals surface area contributed by atoms with Gasteiger partial charge in [-0.3, -0.25) is 4.79 Å². The van der Waals surface area contributed by atoms with Crippen molar-refractivity contribution >= 4 is 15.9 Å². The normalized spacial score (nSPS) is 17.3. The summed E-state index contributed by atoms with van der Waals surface area (Å²) in [5.74, 6) is 0.281. The third kappa shape index (κ3) is 4.36. The summed E-state index contributed by atoms with van der Waals surface area (Å²) in [6, 6.07) is -0.762. The van der Waals surface area contributed by atoms with E-state index in [1.807, 2.05) is 13.8 Å². The van der Waals surface area contributed by atoms with Gasteiger partial charge in [0.15, 0.2) is 5.76 Å². The van der Waals surface area contributed by atoms with Gasteiger partial charge in [-0.15, -0.1) is 0 Å². The summed E-state index contributed by atoms with van der Waals surface area (Å²) < 4.78 is 33.0. The van der Waals surface area contributed by atoms with Crippen molar-refractivity contribution in [1.29, 1.82) is 0 Å². The van der Waals surface area contributed by atoms with Crippen molar-refractivity contribution < 1.29 is 17.7 Å². The Bertz CT molecular complexity index is 656. The smallest absolute Gasteiger partial charge is 0.246 e. The second-order valence-electron chi connectivity index (χ2n) is 6.84. The molecule has 1 aliphatic rings. The minimum absolute atomic E-state index is 0.0303. The highest BCUT2D eigenvalue weighted by Crippen LogP contribution is 2.21. The molecule has 1 aliphatic heterocycles. The third-order valence-corrected chi connectivity index (χ3v) is 5.92. The van der Waals surface area contributed by atoms with E-state index in [9.17, 15) is 13.2 Å². The summed E-state index contributed by atoms with van der Waals surface area (Å²) in [5.41, 5.74) is 0.300. The Hall–Kier alpha value is -1.41. The molecule has 0 radical (unpaired) electrons. The van der Waals surface area contributed by atoms with Gasteiger partial charge in [0.25, 0.3) is 0 Å². The van der Waals surface area contributed by atoms with Crippen molar-refractivity contribution in [3.05, 3.63) is 11.5 Å². The minimum atomic E-state index is -3.86. The van der Waals surface area contributed by atoms with Gasteiger partial charge in [0.2, 0.25) is 15.9 Å². The van der Waals surface area contributed by atoms with E-state index in [4.69, 9.17) is 4.52 Å². The summed E-state index contributed by atoms with van der Waals surface area (Å²) in [6.45, 7) is 8.47. The molecule has 7 nitrogen and oxygen atoms in total. The first-order chi connectivity index (χ1) is 11.2. The lowest BCUT2D eigenvalue weighted by atomic mass is 10.0. The Morgan fingerprint density at radius 3 is 2.38 bits per heavy atom. The van der Waals surface area contributed by atoms with E-state index in [1.54, 1.807) is 18.7 Å². The van der Waals surface area contributed by atoms with Crippen molar-refractivity contribution in [1.82, 2.24) is 14.8 Å². The van der Waals surface area contributed by atoms with Gasteiger partial charge < -0.3 is 9.42 Å². The molecule has 0 aliphatic carbocycles. The molecule has 0 saturated carbocycles. The lowest BCUT2D eigenvalue weighted by Crippen LogP contribution is -2.50. The minimum Gasteiger partial charge on any atom is -0.360 e. The molecule has 1 amide bonds. The molecule has 1 fully saturated rings. The van der Waals surface area contributed by atoms with E-state index in [2.05, 4.69) is 9.88 Å². The number of hydrogen-bond acceptors (Lipinski definition) is 5. The Labute approximate surface area is 143 Å². The summed E-state index contributed by atoms with van der Waals surface area (Å²) >= 11 is 0. The lowest BCUT2D eigenvalue weighted by molar-refractivity contribution is -0.134. The first-order valence-corrected chi connectivity index (χ1v) is 9.94. The number of amides is 1. The zero-order chi connectivity index (χ0) is 17.9. The predicted octanol–water partition coefficient (Wildman–Crippen LogP) is 2.00. The molecule has 0 bridgehead atoms. The van der Waals surface area contributed by atoms with Crippen LogP contribution in [-0.4, -0.2) is 43.5 Å². The van der Waals surface area contributed by atoms with Crippen LogP contribution >= 0.6 is 0 Å². The zero-order valence-electron chi connectivity index (χ0n) is 14.8. The number of aromatic nitrogens is 1. The average molecular weight is 357 g/mol. The maximum atomic E-state index is 12.8. The number of hydrogen-bond donors (Lipinski definition) is 1. The van der Waals surface area contributed by atoms with Crippen LogP contribution in [0.25, 0.3) is 0 Å². The Morgan fingerprint density at radius 2 is 1.88 bits per heavy atom. The van der Waals surface area contributed by atoms with Crippen molar-refractivity contribution in [2.45, 2.75) is 64.3 Å². The molecular formula is C16H27N3O4S. The third-order valence-electron chi connectivity index (χ3n) is 4.21. The molecule has 8 heteroatoms. The van der Waals surface area contributed by atoms with E-state index in [1.165, 1.54) is 0 Å². The fourth-order valence-corrected chi connectivity index (χ4v) is 4.64. The number of likely N-dealkylation sites (tertiary alicyclic amines) is 1. The number of nitrogens with one attached hydrogen (secondary N) is 1. The maximum Gasteiger partial charge on any atom is 0.246 e. The van der Waals surface area contributed by atoms with Crippen LogP contribution in [-0.2, 0) is 14.8 Å². The Morgan fingerprint density at radius 1 is 1.25 bits per heavy atom. The van der Waals surface area contributed by atoms with Gasteiger partial charge in [-0.25, -0.2) is 8.42 Å². The van der Waals surface area contributed by atoms with Crippen molar-refractivity contribution in [2.24, 2.45) is 5.92 Å². The number of nitrogens with zero attached hydrogens (tertiary/aromatic N) is 2. The molecule has 1 aromatic rings. The van der Waals surface area contributed by atoms with Crippen molar-refractivity contribution in [3.63, 3.8) is 0 Å². The monoisotopic (exact) mass is 357 g/mol. The van der Waals surface area contributed by atoms with Crippen molar-refractivity contribution in [2.75, 3.05) is 13.1 Å². The van der Waals surface area contributed by atoms with Gasteiger partial charge >= 0.3 is 0 Å². The van der Waals surface area contributed by atoms with Gasteiger partial charge in [-0.2, -0.15) is 4.72 Å². The highest BCUT2D eigenvalue weighted by Gasteiger charge is 2.33. The van der Waals surface area contributed by atoms with Gasteiger partial charge in [-0.05, 0) is 45.4 Å². The van der Waals surface area contributed by atoms with Crippen LogP contribution in [0, 0.1) is 19.8 Å². The van der Waals surface area contributed by atoms with E-state index in [0.29, 0.717) is 25.2 Å². The zero-order valence-corrected chi connectivity index (χ0v) is 15.6. The van der Waals surface area contributed by atoms with Crippen LogP contribution < -0.4 is 4.72 Å². The first-order valence-electron chi connectivity index (χ1n) is 8.46. The number of aryl methyl sites for hydroxylation is 2. The van der Waals surface area contributed by atoms with Crippen LogP contribution in [0.1, 0.15) is 51.0 Å². The number of carbonyl (C=O) groups is 1. The van der Waals surface area contributed by atoms with Crippen LogP contribution in [0.5, 0.6) is 0 Å². The number of sulfonamides is 1. The number of rotatable bonds is 6. The first kappa shape index (κ1) is 18.9. The molecule has 2 rings (SSSR count). The largest absolute Gasteiger partial charge is 0.360 e. The average Bonchev–Trinajstić information content (AvgIpc) is 2.85. The van der Waals surface area contributed by atoms with Gasteiger partial charge in [0, 0.05) is 13.1 Å². The molecule has 1 N–H and O–H groups in total. The van der Waals surface area contributed by atoms with Gasteiger partial charge in [0.05, 0.1) is 0 Å². The molecule has 2 heterocycles. The van der Waals surface area contributed by atoms with E-state index < -0.39 is 16.1 Å². The van der Waals surface area contributed by atoms with Crippen molar-refractivity contribution in [3.8, 4) is 0 Å². The van der Waals surface area contributed by atoms with Crippen LogP contribution in [0.15, 0.2) is 9.42 Å². The van der Waals surface area contributed by atoms with E-state index >= 15 is 0 Å². The molecule has 1 saturated heterocycles. The summed E-state index contributed by atoms with van der Waals surface area (Å²) in [7, 11) is -3.86. The summed E-state index contributed by atoms with van der Waals surface area (Å²) in [6.07, 6.45) is 3.51. The maximum absolute atomic E-state index is 12.8. The number of carbonyl (C=O) groups excluding carboxylic acids is 1. The van der Waals surface area contributed by atoms with Gasteiger partial charge in [-0.1, -0.05) is 19.0 Å². The SMILES string of the molecule is Cc1noc(C)c1S(=O)(=O)N[C@@H](CC(C)C)C(=O)N1CCCCC1. The molecule has 0 spiro atoms. The summed E-state index contributed by atoms with van der Waals surface area (Å²) in [5, 5.41) is 3.70. The highest BCUT2D eigenvalue weighted by molar-refractivity contribution is 7.89. The van der Waals surface area contributed by atoms with Crippen LogP contribution in [0.4, 0.5) is 0 Å². The quantitative estimate of drug-likeness (QED) is 0.840. The molecular weight excluding hydrogens is 330 g/mol. The molecule has 136 valence electrons. The Kier molecular flexibility index (Phi) is 6.03. The van der Waals surface area contributed by atoms with Crippen LogP contribution in [0.2, 0.25) is 0 Å². The highest BCUT2D eigenvalue weighted by atomic mass is 32.2. The van der Waals surface area contributed by atoms with Gasteiger partial charge in [0.1, 0.15) is 16.6 Å². The Balaban J connectivity index is 2.23. The molecule has 0 aromatic carbocycles. The fraction of sp³-hybridized carbons (Fsp3) is 0.750. The topological polar surface area (TPSA) is 92.5 Å². The molecule has 24 heavy (non-hydrogen) atoms. The molecule has 1 aromatic heterocycles. The standard InChI is InChI=1S/C16H27N3O4S/c1-11(2)10-14(16(20)19-8-6-5-7-9-19)18-24(21,22)15-12(3)17-23-13(15)4/h11,14,18H,5-10H2,1-4H3/t14-/m0/s1. The predicted molar refractivity (Wildman–Crippen MR) is 90.0 cm³/mol. The number of piperidine rings is 1. The molecule has 0 unspecified atom stereocenters. The second-order valence-corrected chi connectivity index (χ2v) is 8.49. The second kappa shape index (κ2) is 7.65. The van der Waals surface area contributed by atoms with E-state index in [0.717, 1.165) is 19.3 Å². The lowest BCUT2D eigenvalue weighted by Gasteiger charge is -2.31. The van der Waals surface area contributed by atoms with E-state index in [-0.39, 0.29) is 22.5 Å².